The van der Waals surface area contributed by atoms with Gasteiger partial charge in [0.05, 0.1) is 10.0 Å². The fraction of sp³-hybridized carbons (Fsp3) is 0.0909. The summed E-state index contributed by atoms with van der Waals surface area (Å²) in [6, 6.07) is 16.2. The monoisotopic (exact) mass is 410 g/mol. The highest BCUT2D eigenvalue weighted by atomic mass is 35.5. The van der Waals surface area contributed by atoms with Crippen LogP contribution in [0.3, 0.4) is 0 Å². The van der Waals surface area contributed by atoms with Crippen LogP contribution < -0.4 is 5.32 Å². The van der Waals surface area contributed by atoms with Crippen molar-refractivity contribution in [2.45, 2.75) is 13.8 Å². The summed E-state index contributed by atoms with van der Waals surface area (Å²) in [6.45, 7) is 3.91. The predicted octanol–water partition coefficient (Wildman–Crippen LogP) is 6.67. The number of amides is 1. The van der Waals surface area contributed by atoms with Gasteiger partial charge in [-0.05, 0) is 61.4 Å². The van der Waals surface area contributed by atoms with Gasteiger partial charge in [-0.15, -0.1) is 0 Å². The second-order valence-electron chi connectivity index (χ2n) is 6.50. The Balaban J connectivity index is 1.69. The molecule has 0 radical (unpaired) electrons. The topological polar surface area (TPSA) is 55.1 Å². The van der Waals surface area contributed by atoms with Crippen LogP contribution in [0.15, 0.2) is 59.0 Å². The molecule has 4 rings (SSSR count). The summed E-state index contributed by atoms with van der Waals surface area (Å²) in [4.78, 5) is 17.2. The van der Waals surface area contributed by atoms with Crippen molar-refractivity contribution in [2.75, 3.05) is 5.32 Å². The number of carbonyl (C=O) groups excluding carboxylic acids is 1. The summed E-state index contributed by atoms with van der Waals surface area (Å²) >= 11 is 11.9. The molecule has 1 amide bonds. The van der Waals surface area contributed by atoms with E-state index in [1.54, 1.807) is 18.2 Å². The number of carbonyl (C=O) groups is 1. The Morgan fingerprint density at radius 3 is 2.54 bits per heavy atom. The number of halogens is 2. The van der Waals surface area contributed by atoms with Crippen LogP contribution in [-0.4, -0.2) is 10.9 Å². The van der Waals surface area contributed by atoms with E-state index in [0.717, 1.165) is 27.8 Å². The average molecular weight is 411 g/mol. The van der Waals surface area contributed by atoms with Gasteiger partial charge >= 0.3 is 0 Å². The van der Waals surface area contributed by atoms with Crippen LogP contribution in [0.1, 0.15) is 21.5 Å². The molecule has 0 atom stereocenters. The number of nitrogens with one attached hydrogen (secondary N) is 1. The summed E-state index contributed by atoms with van der Waals surface area (Å²) in [6.07, 6.45) is 0. The van der Waals surface area contributed by atoms with Crippen LogP contribution in [0.25, 0.3) is 22.6 Å². The number of fused-ring (bicyclic) bond motifs is 1. The highest BCUT2D eigenvalue weighted by Gasteiger charge is 2.16. The number of rotatable bonds is 3. The van der Waals surface area contributed by atoms with Gasteiger partial charge in [0.15, 0.2) is 5.58 Å². The molecule has 0 aliphatic rings. The van der Waals surface area contributed by atoms with Crippen molar-refractivity contribution < 1.29 is 9.21 Å². The van der Waals surface area contributed by atoms with E-state index in [1.165, 1.54) is 0 Å². The van der Waals surface area contributed by atoms with E-state index in [4.69, 9.17) is 27.6 Å². The van der Waals surface area contributed by atoms with Gasteiger partial charge in [0.2, 0.25) is 5.89 Å². The SMILES string of the molecule is Cc1c(NC(=O)c2ccc(Cl)c(Cl)c2)cccc1-c1nc2c(C)cccc2o1. The third-order valence-corrected chi connectivity index (χ3v) is 5.35. The molecule has 1 aromatic heterocycles. The molecule has 0 unspecified atom stereocenters. The Kier molecular flexibility index (Phi) is 4.84. The molecule has 0 fully saturated rings. The first-order valence-electron chi connectivity index (χ1n) is 8.66. The largest absolute Gasteiger partial charge is 0.436 e. The van der Waals surface area contributed by atoms with Gasteiger partial charge in [-0.1, -0.05) is 41.4 Å². The second kappa shape index (κ2) is 7.30. The molecular weight excluding hydrogens is 395 g/mol. The molecule has 1 N–H and O–H groups in total. The van der Waals surface area contributed by atoms with Gasteiger partial charge in [-0.3, -0.25) is 4.79 Å². The summed E-state index contributed by atoms with van der Waals surface area (Å²) in [5.41, 5.74) is 5.41. The second-order valence-corrected chi connectivity index (χ2v) is 7.32. The van der Waals surface area contributed by atoms with Crippen molar-refractivity contribution in [1.29, 1.82) is 0 Å². The maximum atomic E-state index is 12.6. The molecule has 140 valence electrons. The molecule has 0 aliphatic carbocycles. The highest BCUT2D eigenvalue weighted by molar-refractivity contribution is 6.42. The molecule has 1 heterocycles. The van der Waals surface area contributed by atoms with Gasteiger partial charge in [0, 0.05) is 16.8 Å². The number of benzene rings is 3. The van der Waals surface area contributed by atoms with Crippen LogP contribution in [-0.2, 0) is 0 Å². The highest BCUT2D eigenvalue weighted by Crippen LogP contribution is 2.32. The quantitative estimate of drug-likeness (QED) is 0.410. The van der Waals surface area contributed by atoms with Crippen LogP contribution >= 0.6 is 23.2 Å². The van der Waals surface area contributed by atoms with Crippen LogP contribution in [0.2, 0.25) is 10.0 Å². The molecule has 3 aromatic carbocycles. The zero-order valence-corrected chi connectivity index (χ0v) is 16.7. The van der Waals surface area contributed by atoms with Crippen molar-refractivity contribution >= 4 is 45.9 Å². The molecule has 0 saturated carbocycles. The van der Waals surface area contributed by atoms with Crippen molar-refractivity contribution in [3.63, 3.8) is 0 Å². The number of para-hydroxylation sites is 1. The van der Waals surface area contributed by atoms with Crippen LogP contribution in [0.5, 0.6) is 0 Å². The predicted molar refractivity (Wildman–Crippen MR) is 113 cm³/mol. The molecule has 0 saturated heterocycles. The lowest BCUT2D eigenvalue weighted by atomic mass is 10.1. The minimum absolute atomic E-state index is 0.271. The van der Waals surface area contributed by atoms with Gasteiger partial charge in [-0.2, -0.15) is 0 Å². The van der Waals surface area contributed by atoms with E-state index < -0.39 is 0 Å². The molecule has 0 bridgehead atoms. The van der Waals surface area contributed by atoms with Crippen molar-refractivity contribution in [1.82, 2.24) is 4.98 Å². The Bertz CT molecular complexity index is 1210. The zero-order chi connectivity index (χ0) is 19.8. The van der Waals surface area contributed by atoms with Gasteiger partial charge < -0.3 is 9.73 Å². The fourth-order valence-corrected chi connectivity index (χ4v) is 3.33. The standard InChI is InChI=1S/C22H16Cl2N2O2/c1-12-5-3-8-19-20(12)26-22(28-19)15-6-4-7-18(13(15)2)25-21(27)14-9-10-16(23)17(24)11-14/h3-11H,1-2H3,(H,25,27). The molecule has 0 aliphatic heterocycles. The smallest absolute Gasteiger partial charge is 0.255 e. The first-order chi connectivity index (χ1) is 13.4. The zero-order valence-electron chi connectivity index (χ0n) is 15.2. The van der Waals surface area contributed by atoms with Crippen molar-refractivity contribution in [3.05, 3.63) is 81.3 Å². The van der Waals surface area contributed by atoms with E-state index in [9.17, 15) is 4.79 Å². The van der Waals surface area contributed by atoms with E-state index in [1.807, 2.05) is 50.2 Å². The van der Waals surface area contributed by atoms with Gasteiger partial charge in [-0.25, -0.2) is 4.98 Å². The molecule has 4 aromatic rings. The molecule has 6 heteroatoms. The Morgan fingerprint density at radius 2 is 1.79 bits per heavy atom. The Hall–Kier alpha value is -2.82. The molecule has 0 spiro atoms. The minimum Gasteiger partial charge on any atom is -0.436 e. The van der Waals surface area contributed by atoms with E-state index in [-0.39, 0.29) is 5.91 Å². The number of hydrogen-bond donors (Lipinski definition) is 1. The van der Waals surface area contributed by atoms with E-state index >= 15 is 0 Å². The van der Waals surface area contributed by atoms with Crippen molar-refractivity contribution in [3.8, 4) is 11.5 Å². The third-order valence-electron chi connectivity index (χ3n) is 4.61. The third kappa shape index (κ3) is 3.37. The molecular formula is C22H16Cl2N2O2. The average Bonchev–Trinajstić information content (AvgIpc) is 3.11. The minimum atomic E-state index is -0.271. The number of nitrogens with zero attached hydrogens (tertiary/aromatic N) is 1. The van der Waals surface area contributed by atoms with Crippen LogP contribution in [0, 0.1) is 13.8 Å². The lowest BCUT2D eigenvalue weighted by Gasteiger charge is -2.11. The lowest BCUT2D eigenvalue weighted by molar-refractivity contribution is 0.102. The normalized spacial score (nSPS) is 11.0. The number of aromatic nitrogens is 1. The lowest BCUT2D eigenvalue weighted by Crippen LogP contribution is -2.13. The Morgan fingerprint density at radius 1 is 1.00 bits per heavy atom. The van der Waals surface area contributed by atoms with Crippen molar-refractivity contribution in [2.24, 2.45) is 0 Å². The Labute approximate surface area is 172 Å². The maximum absolute atomic E-state index is 12.6. The number of aryl methyl sites for hydroxylation is 1. The number of anilines is 1. The summed E-state index contributed by atoms with van der Waals surface area (Å²) < 4.78 is 5.93. The molecule has 4 nitrogen and oxygen atoms in total. The number of oxazole rings is 1. The summed E-state index contributed by atoms with van der Waals surface area (Å²) in [5.74, 6) is 0.250. The first-order valence-corrected chi connectivity index (χ1v) is 9.42. The fourth-order valence-electron chi connectivity index (χ4n) is 3.04. The van der Waals surface area contributed by atoms with E-state index in [2.05, 4.69) is 10.3 Å². The maximum Gasteiger partial charge on any atom is 0.255 e. The van der Waals surface area contributed by atoms with Gasteiger partial charge in [0.1, 0.15) is 5.52 Å². The first kappa shape index (κ1) is 18.5. The van der Waals surface area contributed by atoms with Crippen LogP contribution in [0.4, 0.5) is 5.69 Å². The summed E-state index contributed by atoms with van der Waals surface area (Å²) in [7, 11) is 0. The molecule has 28 heavy (non-hydrogen) atoms. The number of hydrogen-bond acceptors (Lipinski definition) is 3. The van der Waals surface area contributed by atoms with Gasteiger partial charge in [0.25, 0.3) is 5.91 Å². The van der Waals surface area contributed by atoms with E-state index in [0.29, 0.717) is 27.2 Å². The summed E-state index contributed by atoms with van der Waals surface area (Å²) in [5, 5.41) is 3.66.